The van der Waals surface area contributed by atoms with Crippen LogP contribution in [0.2, 0.25) is 0 Å². The Kier molecular flexibility index (Phi) is 3.17. The Hall–Kier alpha value is -2.68. The van der Waals surface area contributed by atoms with Gasteiger partial charge >= 0.3 is 5.97 Å². The first-order chi connectivity index (χ1) is 12.2. The Morgan fingerprint density at radius 2 is 1.92 bits per heavy atom. The van der Waals surface area contributed by atoms with Gasteiger partial charge in [-0.25, -0.2) is 4.79 Å². The first-order valence-corrected chi connectivity index (χ1v) is 8.87. The van der Waals surface area contributed by atoms with Crippen LogP contribution in [0.5, 0.6) is 0 Å². The minimum atomic E-state index is -0.305. The third-order valence-electron chi connectivity index (χ3n) is 5.78. The molecule has 0 N–H and O–H groups in total. The van der Waals surface area contributed by atoms with E-state index in [4.69, 9.17) is 9.72 Å². The summed E-state index contributed by atoms with van der Waals surface area (Å²) >= 11 is 0. The summed E-state index contributed by atoms with van der Waals surface area (Å²) in [6.45, 7) is 0. The van der Waals surface area contributed by atoms with Gasteiger partial charge in [-0.3, -0.25) is 4.98 Å². The Balaban J connectivity index is 1.66. The smallest absolute Gasteiger partial charge is 0.338 e. The number of hydrogen-bond donors (Lipinski definition) is 0. The Morgan fingerprint density at radius 1 is 1.08 bits per heavy atom. The van der Waals surface area contributed by atoms with E-state index in [0.29, 0.717) is 17.4 Å². The quantitative estimate of drug-likeness (QED) is 0.617. The molecule has 3 aromatic rings. The van der Waals surface area contributed by atoms with Crippen molar-refractivity contribution in [3.8, 4) is 11.1 Å². The van der Waals surface area contributed by atoms with Crippen LogP contribution in [0.4, 0.5) is 0 Å². The largest absolute Gasteiger partial charge is 0.465 e. The normalized spacial score (nSPS) is 20.7. The number of carbonyl (C=O) groups is 1. The fourth-order valence-corrected chi connectivity index (χ4v) is 4.56. The highest BCUT2D eigenvalue weighted by atomic mass is 16.5. The summed E-state index contributed by atoms with van der Waals surface area (Å²) in [6.07, 6.45) is 3.87. The molecule has 0 radical (unpaired) electrons. The molecule has 25 heavy (non-hydrogen) atoms. The highest BCUT2D eigenvalue weighted by Crippen LogP contribution is 2.52. The predicted molar refractivity (Wildman–Crippen MR) is 97.9 cm³/mol. The molecule has 2 aromatic carbocycles. The summed E-state index contributed by atoms with van der Waals surface area (Å²) in [5, 5.41) is 1.16. The lowest BCUT2D eigenvalue weighted by Crippen LogP contribution is -2.03. The van der Waals surface area contributed by atoms with Gasteiger partial charge in [0.1, 0.15) is 0 Å². The number of hydrogen-bond acceptors (Lipinski definition) is 3. The van der Waals surface area contributed by atoms with Crippen molar-refractivity contribution in [1.82, 2.24) is 4.98 Å². The summed E-state index contributed by atoms with van der Waals surface area (Å²) in [6, 6.07) is 16.2. The highest BCUT2D eigenvalue weighted by Gasteiger charge is 2.38. The van der Waals surface area contributed by atoms with Crippen molar-refractivity contribution in [3.05, 3.63) is 65.4 Å². The highest BCUT2D eigenvalue weighted by molar-refractivity contribution is 5.98. The lowest BCUT2D eigenvalue weighted by Gasteiger charge is -2.15. The van der Waals surface area contributed by atoms with E-state index < -0.39 is 0 Å². The van der Waals surface area contributed by atoms with Crippen LogP contribution in [-0.4, -0.2) is 18.1 Å². The van der Waals surface area contributed by atoms with Crippen LogP contribution in [-0.2, 0) is 4.74 Å². The first-order valence-electron chi connectivity index (χ1n) is 8.87. The summed E-state index contributed by atoms with van der Waals surface area (Å²) in [5.74, 6) is 1.06. The number of carbonyl (C=O) groups excluding carboxylic acids is 1. The molecule has 1 fully saturated rings. The summed E-state index contributed by atoms with van der Waals surface area (Å²) < 4.78 is 4.93. The zero-order valence-electron chi connectivity index (χ0n) is 14.2. The fourth-order valence-electron chi connectivity index (χ4n) is 4.56. The van der Waals surface area contributed by atoms with Gasteiger partial charge in [-0.05, 0) is 66.1 Å². The lowest BCUT2D eigenvalue weighted by molar-refractivity contribution is 0.0601. The van der Waals surface area contributed by atoms with Crippen molar-refractivity contribution < 1.29 is 9.53 Å². The minimum absolute atomic E-state index is 0.305. The van der Waals surface area contributed by atoms with Gasteiger partial charge in [0.05, 0.1) is 18.2 Å². The number of fused-ring (bicyclic) bond motifs is 6. The van der Waals surface area contributed by atoms with Crippen LogP contribution in [0.3, 0.4) is 0 Å². The van der Waals surface area contributed by atoms with Gasteiger partial charge in [0.25, 0.3) is 0 Å². The molecular weight excluding hydrogens is 310 g/mol. The van der Waals surface area contributed by atoms with Gasteiger partial charge in [-0.2, -0.15) is 0 Å². The number of esters is 1. The second kappa shape index (κ2) is 5.41. The SMILES string of the molecule is COC(=O)c1ccccc1-c1ccc2nc3c(cc2c1)C1CCC3C1. The molecule has 0 aliphatic heterocycles. The van der Waals surface area contributed by atoms with Crippen LogP contribution in [0, 0.1) is 0 Å². The van der Waals surface area contributed by atoms with E-state index in [2.05, 4.69) is 24.3 Å². The minimum Gasteiger partial charge on any atom is -0.465 e. The Bertz CT molecular complexity index is 1010. The molecule has 3 nitrogen and oxygen atoms in total. The van der Waals surface area contributed by atoms with Gasteiger partial charge < -0.3 is 4.74 Å². The maximum absolute atomic E-state index is 12.1. The van der Waals surface area contributed by atoms with Crippen molar-refractivity contribution in [1.29, 1.82) is 0 Å². The van der Waals surface area contributed by atoms with Crippen LogP contribution >= 0.6 is 0 Å². The first kappa shape index (κ1) is 14.6. The van der Waals surface area contributed by atoms with Crippen molar-refractivity contribution in [3.63, 3.8) is 0 Å². The molecule has 1 saturated carbocycles. The molecule has 0 spiro atoms. The van der Waals surface area contributed by atoms with E-state index in [-0.39, 0.29) is 5.97 Å². The average molecular weight is 329 g/mol. The van der Waals surface area contributed by atoms with E-state index in [1.54, 1.807) is 0 Å². The van der Waals surface area contributed by atoms with E-state index in [1.807, 2.05) is 24.3 Å². The maximum atomic E-state index is 12.1. The van der Waals surface area contributed by atoms with Crippen molar-refractivity contribution in [2.45, 2.75) is 31.1 Å². The topological polar surface area (TPSA) is 39.2 Å². The van der Waals surface area contributed by atoms with Gasteiger partial charge in [0.15, 0.2) is 0 Å². The lowest BCUT2D eigenvalue weighted by atomic mass is 9.93. The monoisotopic (exact) mass is 329 g/mol. The number of ether oxygens (including phenoxy) is 1. The number of nitrogens with zero attached hydrogens (tertiary/aromatic N) is 1. The fraction of sp³-hybridized carbons (Fsp3) is 0.273. The van der Waals surface area contributed by atoms with E-state index in [0.717, 1.165) is 22.0 Å². The standard InChI is InChI=1S/C22H19NO2/c1-25-22(24)18-5-3-2-4-17(18)13-8-9-20-16(11-13)12-19-14-6-7-15(10-14)21(19)23-20/h2-5,8-9,11-12,14-15H,6-7,10H2,1H3. The van der Waals surface area contributed by atoms with Crippen LogP contribution in [0.25, 0.3) is 22.0 Å². The Labute approximate surface area is 146 Å². The summed E-state index contributed by atoms with van der Waals surface area (Å²) in [7, 11) is 1.42. The average Bonchev–Trinajstić information content (AvgIpc) is 3.27. The third kappa shape index (κ3) is 2.19. The van der Waals surface area contributed by atoms with Crippen molar-refractivity contribution in [2.75, 3.05) is 7.11 Å². The molecule has 2 bridgehead atoms. The van der Waals surface area contributed by atoms with Crippen LogP contribution in [0.15, 0.2) is 48.5 Å². The van der Waals surface area contributed by atoms with Crippen LogP contribution < -0.4 is 0 Å². The van der Waals surface area contributed by atoms with Crippen LogP contribution in [0.1, 0.15) is 52.7 Å². The maximum Gasteiger partial charge on any atom is 0.338 e. The molecule has 124 valence electrons. The summed E-state index contributed by atoms with van der Waals surface area (Å²) in [4.78, 5) is 17.0. The number of pyridine rings is 1. The van der Waals surface area contributed by atoms with Crippen molar-refractivity contribution in [2.24, 2.45) is 0 Å². The molecular formula is C22H19NO2. The second-order valence-electron chi connectivity index (χ2n) is 7.11. The molecule has 5 rings (SSSR count). The van der Waals surface area contributed by atoms with E-state index in [9.17, 15) is 4.79 Å². The molecule has 3 heteroatoms. The number of methoxy groups -OCH3 is 1. The van der Waals surface area contributed by atoms with Crippen molar-refractivity contribution >= 4 is 16.9 Å². The zero-order chi connectivity index (χ0) is 17.0. The molecule has 2 unspecified atom stereocenters. The number of rotatable bonds is 2. The van der Waals surface area contributed by atoms with E-state index in [1.165, 1.54) is 37.6 Å². The molecule has 2 aliphatic rings. The van der Waals surface area contributed by atoms with Gasteiger partial charge in [0.2, 0.25) is 0 Å². The van der Waals surface area contributed by atoms with E-state index >= 15 is 0 Å². The second-order valence-corrected chi connectivity index (χ2v) is 7.11. The molecule has 2 atom stereocenters. The summed E-state index contributed by atoms with van der Waals surface area (Å²) in [5.41, 5.74) is 6.34. The zero-order valence-corrected chi connectivity index (χ0v) is 14.2. The predicted octanol–water partition coefficient (Wildman–Crippen LogP) is 5.05. The van der Waals surface area contributed by atoms with Gasteiger partial charge in [-0.1, -0.05) is 24.3 Å². The number of benzene rings is 2. The third-order valence-corrected chi connectivity index (χ3v) is 5.78. The van der Waals surface area contributed by atoms with Gasteiger partial charge in [0, 0.05) is 17.0 Å². The van der Waals surface area contributed by atoms with Gasteiger partial charge in [-0.15, -0.1) is 0 Å². The molecule has 0 saturated heterocycles. The molecule has 0 amide bonds. The molecule has 1 heterocycles. The number of aromatic nitrogens is 1. The molecule has 1 aromatic heterocycles. The Morgan fingerprint density at radius 3 is 2.80 bits per heavy atom. The molecule has 2 aliphatic carbocycles.